The van der Waals surface area contributed by atoms with E-state index in [1.807, 2.05) is 4.90 Å². The monoisotopic (exact) mass is 468 g/mol. The van der Waals surface area contributed by atoms with Crippen LogP contribution in [-0.2, 0) is 14.4 Å². The maximum absolute atomic E-state index is 14.6. The number of hydrogen-bond donors (Lipinski definition) is 3. The number of aliphatic carboxylic acids is 2. The van der Waals surface area contributed by atoms with Crippen molar-refractivity contribution in [1.82, 2.24) is 4.90 Å². The lowest BCUT2D eigenvalue weighted by atomic mass is 9.93. The van der Waals surface area contributed by atoms with E-state index in [4.69, 9.17) is 10.8 Å². The maximum Gasteiger partial charge on any atom is 0.328 e. The van der Waals surface area contributed by atoms with E-state index in [9.17, 15) is 23.9 Å². The fourth-order valence-corrected chi connectivity index (χ4v) is 6.42. The number of piperidine rings is 1. The minimum absolute atomic E-state index is 0.0207. The van der Waals surface area contributed by atoms with Crippen LogP contribution in [0.25, 0.3) is 0 Å². The van der Waals surface area contributed by atoms with E-state index in [1.54, 1.807) is 18.2 Å². The highest BCUT2D eigenvalue weighted by atomic mass is 33.1. The molecule has 0 aromatic heterocycles. The Labute approximate surface area is 187 Å². The maximum atomic E-state index is 14.6. The summed E-state index contributed by atoms with van der Waals surface area (Å²) in [5, 5.41) is 18.1. The van der Waals surface area contributed by atoms with Crippen molar-refractivity contribution in [2.75, 3.05) is 18.8 Å². The van der Waals surface area contributed by atoms with Gasteiger partial charge in [0.2, 0.25) is 0 Å². The van der Waals surface area contributed by atoms with Crippen LogP contribution in [0, 0.1) is 11.7 Å². The van der Waals surface area contributed by atoms with Crippen LogP contribution < -0.4 is 5.73 Å². The van der Waals surface area contributed by atoms with Crippen LogP contribution in [0.2, 0.25) is 0 Å². The van der Waals surface area contributed by atoms with Gasteiger partial charge in [0.1, 0.15) is 11.9 Å². The molecule has 10 heteroatoms. The average Bonchev–Trinajstić information content (AvgIpc) is 3.55. The third-order valence-electron chi connectivity index (χ3n) is 5.35. The Morgan fingerprint density at radius 3 is 2.55 bits per heavy atom. The number of halogens is 1. The number of nitrogens with two attached hydrogens (primary N) is 1. The van der Waals surface area contributed by atoms with Gasteiger partial charge in [-0.3, -0.25) is 14.5 Å². The Balaban J connectivity index is 1.77. The Kier molecular flexibility index (Phi) is 8.15. The molecule has 31 heavy (non-hydrogen) atoms. The highest BCUT2D eigenvalue weighted by molar-refractivity contribution is 8.77. The van der Waals surface area contributed by atoms with Gasteiger partial charge >= 0.3 is 11.9 Å². The van der Waals surface area contributed by atoms with Gasteiger partial charge in [-0.05, 0) is 30.9 Å². The zero-order chi connectivity index (χ0) is 22.5. The molecular formula is C21H25FN2O5S2. The van der Waals surface area contributed by atoms with E-state index in [-0.39, 0.29) is 29.2 Å². The summed E-state index contributed by atoms with van der Waals surface area (Å²) in [6.07, 6.45) is 3.30. The van der Waals surface area contributed by atoms with Crippen molar-refractivity contribution in [3.05, 3.63) is 47.3 Å². The number of carboxylic acids is 2. The van der Waals surface area contributed by atoms with E-state index in [2.05, 4.69) is 0 Å². The van der Waals surface area contributed by atoms with Crippen molar-refractivity contribution in [3.63, 3.8) is 0 Å². The van der Waals surface area contributed by atoms with Crippen molar-refractivity contribution in [2.45, 2.75) is 36.6 Å². The van der Waals surface area contributed by atoms with Crippen molar-refractivity contribution < 1.29 is 29.0 Å². The molecule has 3 atom stereocenters. The molecule has 1 aromatic rings. The molecule has 2 aliphatic rings. The molecule has 0 bridgehead atoms. The van der Waals surface area contributed by atoms with Gasteiger partial charge in [-0.1, -0.05) is 39.8 Å². The first-order chi connectivity index (χ1) is 14.8. The molecule has 1 aliphatic carbocycles. The average molecular weight is 469 g/mol. The smallest absolute Gasteiger partial charge is 0.328 e. The van der Waals surface area contributed by atoms with Crippen molar-refractivity contribution in [3.8, 4) is 0 Å². The molecule has 3 rings (SSSR count). The van der Waals surface area contributed by atoms with Gasteiger partial charge in [-0.2, -0.15) is 0 Å². The molecule has 1 aliphatic heterocycles. The van der Waals surface area contributed by atoms with Crippen molar-refractivity contribution in [2.24, 2.45) is 11.7 Å². The third-order valence-corrected chi connectivity index (χ3v) is 8.27. The fourth-order valence-electron chi connectivity index (χ4n) is 3.60. The number of rotatable bonds is 10. The standard InChI is InChI=1S/C21H25FN2O5S2/c22-15-4-2-1-3-14(15)19(20(27)12-5-6-12)24-8-7-17(13(10-24)9-18(25)26)31-30-11-16(23)21(28)29/h1-4,9,12,16-17,19H,5-8,10-11,23H2,(H,25,26)(H,28,29)/b13-9-/t16-,17+,19-/m0/s1. The lowest BCUT2D eigenvalue weighted by Crippen LogP contribution is -2.43. The van der Waals surface area contributed by atoms with Gasteiger partial charge in [-0.25, -0.2) is 9.18 Å². The molecule has 0 amide bonds. The Morgan fingerprint density at radius 1 is 1.23 bits per heavy atom. The molecule has 1 saturated carbocycles. The zero-order valence-electron chi connectivity index (χ0n) is 16.8. The molecular weight excluding hydrogens is 443 g/mol. The van der Waals surface area contributed by atoms with Crippen LogP contribution in [-0.4, -0.2) is 63.0 Å². The Bertz CT molecular complexity index is 877. The molecule has 1 aromatic carbocycles. The summed E-state index contributed by atoms with van der Waals surface area (Å²) in [7, 11) is 2.68. The topological polar surface area (TPSA) is 121 Å². The van der Waals surface area contributed by atoms with E-state index in [1.165, 1.54) is 27.7 Å². The Morgan fingerprint density at radius 2 is 1.94 bits per heavy atom. The van der Waals surface area contributed by atoms with E-state index in [0.717, 1.165) is 18.9 Å². The van der Waals surface area contributed by atoms with Gasteiger partial charge in [0.25, 0.3) is 0 Å². The van der Waals surface area contributed by atoms with Crippen LogP contribution >= 0.6 is 21.6 Å². The summed E-state index contributed by atoms with van der Waals surface area (Å²) in [6, 6.07) is 4.49. The van der Waals surface area contributed by atoms with E-state index >= 15 is 0 Å². The van der Waals surface area contributed by atoms with Gasteiger partial charge in [0.05, 0.1) is 6.04 Å². The van der Waals surface area contributed by atoms with Gasteiger partial charge in [0, 0.05) is 41.6 Å². The fraction of sp³-hybridized carbons (Fsp3) is 0.476. The second kappa shape index (κ2) is 10.6. The molecule has 0 spiro atoms. The van der Waals surface area contributed by atoms with Crippen molar-refractivity contribution >= 4 is 39.3 Å². The molecule has 168 valence electrons. The number of carbonyl (C=O) groups excluding carboxylic acids is 1. The summed E-state index contributed by atoms with van der Waals surface area (Å²) >= 11 is 0. The van der Waals surface area contributed by atoms with E-state index < -0.39 is 29.8 Å². The third kappa shape index (κ3) is 6.31. The first kappa shape index (κ1) is 23.8. The quantitative estimate of drug-likeness (QED) is 0.351. The summed E-state index contributed by atoms with van der Waals surface area (Å²) < 4.78 is 14.6. The molecule has 7 nitrogen and oxygen atoms in total. The summed E-state index contributed by atoms with van der Waals surface area (Å²) in [6.45, 7) is 0.727. The number of nitrogens with zero attached hydrogens (tertiary/aromatic N) is 1. The van der Waals surface area contributed by atoms with E-state index in [0.29, 0.717) is 24.1 Å². The lowest BCUT2D eigenvalue weighted by Gasteiger charge is -2.38. The second-order valence-corrected chi connectivity index (χ2v) is 10.3. The largest absolute Gasteiger partial charge is 0.480 e. The SMILES string of the molecule is N[C@@H](CSS[C@@H]1CCN([C@H](C(=O)C2CC2)c2ccccc2F)C/C1=C/C(=O)O)C(=O)O. The first-order valence-corrected chi connectivity index (χ1v) is 12.4. The number of likely N-dealkylation sites (tertiary alicyclic amines) is 1. The number of Topliss-reactive ketones (excluding diaryl/α,β-unsaturated/α-hetero) is 1. The van der Waals surface area contributed by atoms with Crippen LogP contribution in [0.3, 0.4) is 0 Å². The molecule has 0 unspecified atom stereocenters. The number of ketones is 1. The molecule has 2 fully saturated rings. The predicted octanol–water partition coefficient (Wildman–Crippen LogP) is 2.72. The number of hydrogen-bond acceptors (Lipinski definition) is 7. The molecule has 1 saturated heterocycles. The van der Waals surface area contributed by atoms with Crippen LogP contribution in [0.15, 0.2) is 35.9 Å². The zero-order valence-corrected chi connectivity index (χ0v) is 18.4. The lowest BCUT2D eigenvalue weighted by molar-refractivity contribution is -0.138. The normalized spacial score (nSPS) is 22.8. The molecule has 0 radical (unpaired) electrons. The summed E-state index contributed by atoms with van der Waals surface area (Å²) in [5.41, 5.74) is 6.47. The minimum Gasteiger partial charge on any atom is -0.480 e. The second-order valence-electron chi connectivity index (χ2n) is 7.73. The number of carbonyl (C=O) groups is 3. The van der Waals surface area contributed by atoms with Crippen LogP contribution in [0.1, 0.15) is 30.9 Å². The van der Waals surface area contributed by atoms with Crippen molar-refractivity contribution in [1.29, 1.82) is 0 Å². The highest BCUT2D eigenvalue weighted by Crippen LogP contribution is 2.42. The van der Waals surface area contributed by atoms with Crippen LogP contribution in [0.5, 0.6) is 0 Å². The predicted molar refractivity (Wildman–Crippen MR) is 118 cm³/mol. The van der Waals surface area contributed by atoms with Gasteiger partial charge in [0.15, 0.2) is 5.78 Å². The first-order valence-electron chi connectivity index (χ1n) is 10.00. The summed E-state index contributed by atoms with van der Waals surface area (Å²) in [4.78, 5) is 37.2. The summed E-state index contributed by atoms with van der Waals surface area (Å²) in [5.74, 6) is -2.52. The molecule has 4 N–H and O–H groups in total. The van der Waals surface area contributed by atoms with Crippen LogP contribution in [0.4, 0.5) is 4.39 Å². The molecule has 1 heterocycles. The number of benzene rings is 1. The highest BCUT2D eigenvalue weighted by Gasteiger charge is 2.41. The minimum atomic E-state index is -1.09. The Hall–Kier alpha value is -1.88. The number of carboxylic acid groups (broad SMARTS) is 2. The van der Waals surface area contributed by atoms with Gasteiger partial charge in [-0.15, -0.1) is 0 Å². The van der Waals surface area contributed by atoms with Gasteiger partial charge < -0.3 is 15.9 Å².